The zero-order valence-corrected chi connectivity index (χ0v) is 12.3. The van der Waals surface area contributed by atoms with Gasteiger partial charge in [-0.1, -0.05) is 48.3 Å². The van der Waals surface area contributed by atoms with Gasteiger partial charge < -0.3 is 10.2 Å². The van der Waals surface area contributed by atoms with E-state index in [1.54, 1.807) is 12.1 Å². The third kappa shape index (κ3) is 3.12. The molecule has 0 bridgehead atoms. The smallest absolute Gasteiger partial charge is 0.309 e. The van der Waals surface area contributed by atoms with Crippen LogP contribution in [-0.2, 0) is 10.4 Å². The van der Waals surface area contributed by atoms with Gasteiger partial charge in [0, 0.05) is 4.47 Å². The highest BCUT2D eigenvalue weighted by Crippen LogP contribution is 2.37. The van der Waals surface area contributed by atoms with Gasteiger partial charge in [-0.15, -0.1) is 0 Å². The third-order valence-corrected chi connectivity index (χ3v) is 3.81. The van der Waals surface area contributed by atoms with Crippen LogP contribution in [0.1, 0.15) is 38.7 Å². The summed E-state index contributed by atoms with van der Waals surface area (Å²) in [5.41, 5.74) is -0.661. The number of carboxylic acids is 1. The molecule has 0 saturated carbocycles. The van der Waals surface area contributed by atoms with Gasteiger partial charge in [-0.25, -0.2) is 0 Å². The highest BCUT2D eigenvalue weighted by Gasteiger charge is 2.41. The van der Waals surface area contributed by atoms with E-state index in [4.69, 9.17) is 0 Å². The molecule has 18 heavy (non-hydrogen) atoms. The van der Waals surface area contributed by atoms with Gasteiger partial charge in [0.2, 0.25) is 0 Å². The van der Waals surface area contributed by atoms with E-state index < -0.39 is 17.5 Å². The van der Waals surface area contributed by atoms with Gasteiger partial charge in [0.25, 0.3) is 0 Å². The zero-order valence-electron chi connectivity index (χ0n) is 10.7. The Bertz CT molecular complexity index is 419. The van der Waals surface area contributed by atoms with Gasteiger partial charge in [-0.05, 0) is 30.5 Å². The molecule has 0 aliphatic rings. The summed E-state index contributed by atoms with van der Waals surface area (Å²) < 4.78 is 0.840. The van der Waals surface area contributed by atoms with Crippen LogP contribution in [0.15, 0.2) is 28.7 Å². The highest BCUT2D eigenvalue weighted by atomic mass is 79.9. The van der Waals surface area contributed by atoms with E-state index in [1.165, 1.54) is 0 Å². The molecule has 0 fully saturated rings. The first kappa shape index (κ1) is 15.2. The molecule has 0 spiro atoms. The molecule has 2 N–H and O–H groups in total. The van der Waals surface area contributed by atoms with E-state index in [1.807, 2.05) is 26.0 Å². The first-order valence-corrected chi connectivity index (χ1v) is 6.96. The molecule has 1 aromatic rings. The maximum absolute atomic E-state index is 11.4. The quantitative estimate of drug-likeness (QED) is 0.844. The van der Waals surface area contributed by atoms with Crippen molar-refractivity contribution in [1.29, 1.82) is 0 Å². The molecule has 1 aromatic carbocycles. The van der Waals surface area contributed by atoms with Gasteiger partial charge in [-0.2, -0.15) is 0 Å². The minimum Gasteiger partial charge on any atom is -0.481 e. The molecule has 0 amide bonds. The van der Waals surface area contributed by atoms with Crippen molar-refractivity contribution in [3.63, 3.8) is 0 Å². The molecule has 2 atom stereocenters. The number of aliphatic carboxylic acids is 1. The standard InChI is InChI=1S/C14H19BrO3/c1-3-6-12(13(16)17)14(18,4-2)10-7-5-8-11(15)9-10/h5,7-9,12,18H,3-4,6H2,1-2H3,(H,16,17). The number of hydrogen-bond donors (Lipinski definition) is 2. The fraction of sp³-hybridized carbons (Fsp3) is 0.500. The Morgan fingerprint density at radius 3 is 2.56 bits per heavy atom. The van der Waals surface area contributed by atoms with Crippen molar-refractivity contribution in [3.8, 4) is 0 Å². The zero-order chi connectivity index (χ0) is 13.8. The van der Waals surface area contributed by atoms with E-state index >= 15 is 0 Å². The minimum absolute atomic E-state index is 0.375. The number of benzene rings is 1. The fourth-order valence-corrected chi connectivity index (χ4v) is 2.66. The summed E-state index contributed by atoms with van der Waals surface area (Å²) in [4.78, 5) is 11.4. The van der Waals surface area contributed by atoms with Gasteiger partial charge >= 0.3 is 5.97 Å². The monoisotopic (exact) mass is 314 g/mol. The molecule has 0 aromatic heterocycles. The number of halogens is 1. The van der Waals surface area contributed by atoms with Gasteiger partial charge in [0.1, 0.15) is 5.60 Å². The number of carbonyl (C=O) groups is 1. The van der Waals surface area contributed by atoms with Crippen LogP contribution in [0, 0.1) is 5.92 Å². The SMILES string of the molecule is CCCC(C(=O)O)C(O)(CC)c1cccc(Br)c1. The second-order valence-corrected chi connectivity index (χ2v) is 5.38. The molecule has 1 rings (SSSR count). The summed E-state index contributed by atoms with van der Waals surface area (Å²) in [6.45, 7) is 3.74. The van der Waals surface area contributed by atoms with Crippen LogP contribution >= 0.6 is 15.9 Å². The Morgan fingerprint density at radius 2 is 2.11 bits per heavy atom. The van der Waals surface area contributed by atoms with Crippen LogP contribution in [-0.4, -0.2) is 16.2 Å². The first-order valence-electron chi connectivity index (χ1n) is 6.17. The molecule has 0 aliphatic carbocycles. The molecule has 3 nitrogen and oxygen atoms in total. The van der Waals surface area contributed by atoms with Crippen LogP contribution in [0.3, 0.4) is 0 Å². The Morgan fingerprint density at radius 1 is 1.44 bits per heavy atom. The van der Waals surface area contributed by atoms with Crippen LogP contribution in [0.5, 0.6) is 0 Å². The average Bonchev–Trinajstić information content (AvgIpc) is 2.34. The van der Waals surface area contributed by atoms with Crippen molar-refractivity contribution in [1.82, 2.24) is 0 Å². The predicted molar refractivity (Wildman–Crippen MR) is 74.4 cm³/mol. The van der Waals surface area contributed by atoms with Crippen molar-refractivity contribution >= 4 is 21.9 Å². The van der Waals surface area contributed by atoms with Crippen LogP contribution in [0.25, 0.3) is 0 Å². The Hall–Kier alpha value is -0.870. The number of aliphatic hydroxyl groups is 1. The first-order chi connectivity index (χ1) is 8.45. The second kappa shape index (κ2) is 6.34. The fourth-order valence-electron chi connectivity index (χ4n) is 2.26. The number of hydrogen-bond acceptors (Lipinski definition) is 2. The number of rotatable bonds is 6. The van der Waals surface area contributed by atoms with Crippen LogP contribution in [0.4, 0.5) is 0 Å². The molecule has 0 radical (unpaired) electrons. The molecular weight excluding hydrogens is 296 g/mol. The lowest BCUT2D eigenvalue weighted by Gasteiger charge is -2.33. The summed E-state index contributed by atoms with van der Waals surface area (Å²) in [5.74, 6) is -1.72. The molecule has 4 heteroatoms. The van der Waals surface area contributed by atoms with Crippen LogP contribution in [0.2, 0.25) is 0 Å². The summed E-state index contributed by atoms with van der Waals surface area (Å²) >= 11 is 3.35. The number of carboxylic acid groups (broad SMARTS) is 1. The second-order valence-electron chi connectivity index (χ2n) is 4.47. The van der Waals surface area contributed by atoms with E-state index in [0.29, 0.717) is 18.4 Å². The Labute approximate surface area is 116 Å². The van der Waals surface area contributed by atoms with Crippen molar-refractivity contribution < 1.29 is 15.0 Å². The van der Waals surface area contributed by atoms with Gasteiger partial charge in [0.15, 0.2) is 0 Å². The highest BCUT2D eigenvalue weighted by molar-refractivity contribution is 9.10. The van der Waals surface area contributed by atoms with E-state index in [9.17, 15) is 15.0 Å². The summed E-state index contributed by atoms with van der Waals surface area (Å²) in [6.07, 6.45) is 1.57. The lowest BCUT2D eigenvalue weighted by molar-refractivity contribution is -0.154. The van der Waals surface area contributed by atoms with E-state index in [2.05, 4.69) is 15.9 Å². The van der Waals surface area contributed by atoms with Crippen molar-refractivity contribution in [2.24, 2.45) is 5.92 Å². The molecule has 2 unspecified atom stereocenters. The Kier molecular flexibility index (Phi) is 5.35. The lowest BCUT2D eigenvalue weighted by atomic mass is 9.77. The average molecular weight is 315 g/mol. The topological polar surface area (TPSA) is 57.5 Å². The minimum atomic E-state index is -1.31. The Balaban J connectivity index is 3.21. The molecule has 100 valence electrons. The summed E-state index contributed by atoms with van der Waals surface area (Å²) in [6, 6.07) is 7.23. The molecule has 0 aliphatic heterocycles. The van der Waals surface area contributed by atoms with Gasteiger partial charge in [0.05, 0.1) is 5.92 Å². The maximum atomic E-state index is 11.4. The van der Waals surface area contributed by atoms with E-state index in [0.717, 1.165) is 10.9 Å². The predicted octanol–water partition coefficient (Wildman–Crippen LogP) is 3.55. The third-order valence-electron chi connectivity index (χ3n) is 3.32. The summed E-state index contributed by atoms with van der Waals surface area (Å²) in [5, 5.41) is 20.1. The van der Waals surface area contributed by atoms with Crippen molar-refractivity contribution in [3.05, 3.63) is 34.3 Å². The largest absolute Gasteiger partial charge is 0.481 e. The van der Waals surface area contributed by atoms with Crippen molar-refractivity contribution in [2.45, 2.75) is 38.7 Å². The molecule has 0 heterocycles. The van der Waals surface area contributed by atoms with Gasteiger partial charge in [-0.3, -0.25) is 4.79 Å². The van der Waals surface area contributed by atoms with Crippen LogP contribution < -0.4 is 0 Å². The maximum Gasteiger partial charge on any atom is 0.309 e. The molecular formula is C14H19BrO3. The van der Waals surface area contributed by atoms with E-state index in [-0.39, 0.29) is 0 Å². The van der Waals surface area contributed by atoms with Crippen molar-refractivity contribution in [2.75, 3.05) is 0 Å². The molecule has 0 saturated heterocycles. The normalized spacial score (nSPS) is 16.0. The summed E-state index contributed by atoms with van der Waals surface area (Å²) in [7, 11) is 0. The lowest BCUT2D eigenvalue weighted by Crippen LogP contribution is -2.39.